The Morgan fingerprint density at radius 1 is 1.24 bits per heavy atom. The molecule has 0 bridgehead atoms. The maximum Gasteiger partial charge on any atom is 0.340 e. The fraction of sp³-hybridized carbons (Fsp3) is 0.440. The number of hydrazone groups is 1. The Bertz CT molecular complexity index is 1070. The Labute approximate surface area is 193 Å². The molecule has 2 amide bonds. The number of carbonyl (C=O) groups is 1. The molecule has 1 saturated heterocycles. The number of fused-ring (bicyclic) bond motifs is 3. The lowest BCUT2D eigenvalue weighted by molar-refractivity contribution is 0.132. The van der Waals surface area contributed by atoms with Gasteiger partial charge in [0.25, 0.3) is 0 Å². The smallest absolute Gasteiger partial charge is 0.340 e. The number of carbonyl (C=O) groups excluding carboxylic acids is 1. The first-order valence-corrected chi connectivity index (χ1v) is 11.6. The average Bonchev–Trinajstić information content (AvgIpc) is 3.46. The largest absolute Gasteiger partial charge is 0.508 e. The normalized spacial score (nSPS) is 21.9. The van der Waals surface area contributed by atoms with Crippen LogP contribution in [0.25, 0.3) is 0 Å². The summed E-state index contributed by atoms with van der Waals surface area (Å²) in [6.07, 6.45) is 3.39. The van der Waals surface area contributed by atoms with Crippen molar-refractivity contribution in [2.45, 2.75) is 25.3 Å². The van der Waals surface area contributed by atoms with E-state index >= 15 is 0 Å². The van der Waals surface area contributed by atoms with Gasteiger partial charge in [-0.3, -0.25) is 0 Å². The summed E-state index contributed by atoms with van der Waals surface area (Å²) in [5, 5.41) is 16.3. The van der Waals surface area contributed by atoms with Crippen molar-refractivity contribution in [3.63, 3.8) is 0 Å². The number of rotatable bonds is 5. The van der Waals surface area contributed by atoms with E-state index < -0.39 is 6.04 Å². The monoisotopic (exact) mass is 452 g/mol. The molecule has 2 atom stereocenters. The summed E-state index contributed by atoms with van der Waals surface area (Å²) < 4.78 is 20.0. The van der Waals surface area contributed by atoms with E-state index in [9.17, 15) is 14.3 Å². The number of hydrogen-bond donors (Lipinski definition) is 1. The summed E-state index contributed by atoms with van der Waals surface area (Å²) in [5.74, 6) is 0.0475. The maximum atomic E-state index is 14.0. The second-order valence-electron chi connectivity index (χ2n) is 9.03. The van der Waals surface area contributed by atoms with Crippen molar-refractivity contribution >= 4 is 11.7 Å². The lowest BCUT2D eigenvalue weighted by Crippen LogP contribution is -2.42. The highest BCUT2D eigenvalue weighted by atomic mass is 19.1. The Kier molecular flexibility index (Phi) is 5.93. The topological polar surface area (TPSA) is 68.6 Å². The molecular formula is C25H29FN4O3. The summed E-state index contributed by atoms with van der Waals surface area (Å²) in [6, 6.07) is 10.6. The van der Waals surface area contributed by atoms with Crippen LogP contribution in [0.5, 0.6) is 11.5 Å². The Balaban J connectivity index is 1.41. The predicted molar refractivity (Wildman–Crippen MR) is 123 cm³/mol. The minimum absolute atomic E-state index is 0.121. The molecule has 0 aliphatic carbocycles. The molecule has 0 spiro atoms. The molecule has 0 aromatic heterocycles. The molecule has 3 heterocycles. The number of phenols is 1. The van der Waals surface area contributed by atoms with Gasteiger partial charge >= 0.3 is 6.03 Å². The van der Waals surface area contributed by atoms with Crippen LogP contribution >= 0.6 is 0 Å². The van der Waals surface area contributed by atoms with Crippen LogP contribution in [-0.2, 0) is 0 Å². The zero-order valence-electron chi connectivity index (χ0n) is 18.8. The third-order valence-electron chi connectivity index (χ3n) is 6.75. The molecule has 8 heteroatoms. The number of phenolic OH excluding ortho intramolecular Hbond substituents is 1. The molecule has 7 nitrogen and oxygen atoms in total. The highest BCUT2D eigenvalue weighted by molar-refractivity contribution is 6.07. The molecule has 2 aromatic rings. The molecule has 1 fully saturated rings. The zero-order chi connectivity index (χ0) is 22.9. The van der Waals surface area contributed by atoms with Gasteiger partial charge in [-0.1, -0.05) is 12.1 Å². The molecular weight excluding hydrogens is 423 g/mol. The van der Waals surface area contributed by atoms with E-state index in [-0.39, 0.29) is 23.5 Å². The van der Waals surface area contributed by atoms with Crippen LogP contribution in [0, 0.1) is 11.7 Å². The van der Waals surface area contributed by atoms with E-state index in [1.807, 2.05) is 6.07 Å². The van der Waals surface area contributed by atoms with Crippen LogP contribution in [0.15, 0.2) is 47.6 Å². The van der Waals surface area contributed by atoms with E-state index in [2.05, 4.69) is 4.90 Å². The summed E-state index contributed by atoms with van der Waals surface area (Å²) in [7, 11) is 1.79. The molecule has 3 aliphatic rings. The van der Waals surface area contributed by atoms with Crippen LogP contribution in [0.2, 0.25) is 0 Å². The molecule has 2 aromatic carbocycles. The molecule has 5 rings (SSSR count). The lowest BCUT2D eigenvalue weighted by Gasteiger charge is -2.31. The van der Waals surface area contributed by atoms with Crippen LogP contribution in [0.3, 0.4) is 0 Å². The number of halogens is 1. The minimum atomic E-state index is -0.447. The first-order chi connectivity index (χ1) is 16.0. The standard InChI is InChI=1S/C25H29FN4O3/c1-28(10-5-13-29-11-2-3-12-29)25(32)30-24(17-6-4-7-19(31)14-17)21-16-33-22-9-8-18(26)15-20(22)23(21)27-30/h4,6-9,14-15,21,24,31H,2-3,5,10-13,16H2,1H3/t21-,24-/m1/s1. The average molecular weight is 453 g/mol. The van der Waals surface area contributed by atoms with Gasteiger partial charge in [0.1, 0.15) is 17.3 Å². The third kappa shape index (κ3) is 4.27. The Hall–Kier alpha value is -3.13. The number of benzene rings is 2. The van der Waals surface area contributed by atoms with Gasteiger partial charge < -0.3 is 19.6 Å². The van der Waals surface area contributed by atoms with Crippen molar-refractivity contribution < 1.29 is 19.0 Å². The number of ether oxygens (including phenoxy) is 1. The van der Waals surface area contributed by atoms with Crippen LogP contribution in [-0.4, -0.2) is 71.5 Å². The van der Waals surface area contributed by atoms with E-state index in [1.165, 1.54) is 30.0 Å². The number of amides is 2. The molecule has 174 valence electrons. The van der Waals surface area contributed by atoms with E-state index in [0.29, 0.717) is 30.2 Å². The quantitative estimate of drug-likeness (QED) is 0.749. The third-order valence-corrected chi connectivity index (χ3v) is 6.75. The SMILES string of the molecule is CN(CCCN1CCCC1)C(=O)N1N=C2c3cc(F)ccc3OC[C@H]2[C@H]1c1cccc(O)c1. The molecule has 33 heavy (non-hydrogen) atoms. The highest BCUT2D eigenvalue weighted by Gasteiger charge is 2.46. The molecule has 0 saturated carbocycles. The van der Waals surface area contributed by atoms with Crippen molar-refractivity contribution in [2.24, 2.45) is 11.0 Å². The zero-order valence-corrected chi connectivity index (χ0v) is 18.8. The van der Waals surface area contributed by atoms with Crippen molar-refractivity contribution in [1.82, 2.24) is 14.8 Å². The Morgan fingerprint density at radius 3 is 2.85 bits per heavy atom. The number of aromatic hydroxyl groups is 1. The molecule has 0 unspecified atom stereocenters. The van der Waals surface area contributed by atoms with Crippen molar-refractivity contribution in [1.29, 1.82) is 0 Å². The van der Waals surface area contributed by atoms with Gasteiger partial charge in [0, 0.05) is 19.2 Å². The van der Waals surface area contributed by atoms with Crippen molar-refractivity contribution in [3.05, 3.63) is 59.4 Å². The first kappa shape index (κ1) is 21.7. The van der Waals surface area contributed by atoms with E-state index in [4.69, 9.17) is 9.84 Å². The summed E-state index contributed by atoms with van der Waals surface area (Å²) in [4.78, 5) is 17.6. The summed E-state index contributed by atoms with van der Waals surface area (Å²) in [5.41, 5.74) is 1.98. The van der Waals surface area contributed by atoms with Gasteiger partial charge in [-0.05, 0) is 74.8 Å². The number of urea groups is 1. The summed E-state index contributed by atoms with van der Waals surface area (Å²) >= 11 is 0. The van der Waals surface area contributed by atoms with Gasteiger partial charge in [0.15, 0.2) is 0 Å². The number of hydrogen-bond acceptors (Lipinski definition) is 5. The van der Waals surface area contributed by atoms with Gasteiger partial charge in [0.05, 0.1) is 24.3 Å². The second kappa shape index (κ2) is 9.02. The molecule has 1 N–H and O–H groups in total. The first-order valence-electron chi connectivity index (χ1n) is 11.6. The van der Waals surface area contributed by atoms with Gasteiger partial charge in [-0.2, -0.15) is 5.10 Å². The van der Waals surface area contributed by atoms with Gasteiger partial charge in [-0.25, -0.2) is 14.2 Å². The van der Waals surface area contributed by atoms with Gasteiger partial charge in [-0.15, -0.1) is 0 Å². The molecule has 0 radical (unpaired) electrons. The van der Waals surface area contributed by atoms with E-state index in [1.54, 1.807) is 36.2 Å². The molecule has 3 aliphatic heterocycles. The van der Waals surface area contributed by atoms with E-state index in [0.717, 1.165) is 31.6 Å². The highest BCUT2D eigenvalue weighted by Crippen LogP contribution is 2.43. The van der Waals surface area contributed by atoms with Crippen molar-refractivity contribution in [2.75, 3.05) is 39.8 Å². The Morgan fingerprint density at radius 2 is 2.06 bits per heavy atom. The van der Waals surface area contributed by atoms with Crippen LogP contribution in [0.4, 0.5) is 9.18 Å². The second-order valence-corrected chi connectivity index (χ2v) is 9.03. The van der Waals surface area contributed by atoms with Crippen LogP contribution in [0.1, 0.15) is 36.4 Å². The lowest BCUT2D eigenvalue weighted by atomic mass is 9.86. The predicted octanol–water partition coefficient (Wildman–Crippen LogP) is 3.84. The fourth-order valence-corrected chi connectivity index (χ4v) is 5.06. The van der Waals surface area contributed by atoms with Crippen molar-refractivity contribution in [3.8, 4) is 11.5 Å². The van der Waals surface area contributed by atoms with Crippen LogP contribution < -0.4 is 4.74 Å². The summed E-state index contributed by atoms with van der Waals surface area (Å²) in [6.45, 7) is 4.19. The number of likely N-dealkylation sites (tertiary alicyclic amines) is 1. The van der Waals surface area contributed by atoms with Gasteiger partial charge in [0.2, 0.25) is 0 Å². The fourth-order valence-electron chi connectivity index (χ4n) is 5.06. The minimum Gasteiger partial charge on any atom is -0.508 e. The number of nitrogens with zero attached hydrogens (tertiary/aromatic N) is 4. The maximum absolute atomic E-state index is 14.0.